The number of ether oxygens (including phenoxy) is 1. The van der Waals surface area contributed by atoms with Crippen molar-refractivity contribution in [2.45, 2.75) is 53.4 Å². The van der Waals surface area contributed by atoms with E-state index in [0.29, 0.717) is 11.8 Å². The molecule has 0 unspecified atom stereocenters. The van der Waals surface area contributed by atoms with E-state index in [9.17, 15) is 0 Å². The van der Waals surface area contributed by atoms with Gasteiger partial charge < -0.3 is 9.64 Å². The average Bonchev–Trinajstić information content (AvgIpc) is 2.25. The van der Waals surface area contributed by atoms with Gasteiger partial charge in [0.15, 0.2) is 0 Å². The normalized spacial score (nSPS) is 12.4. The lowest BCUT2D eigenvalue weighted by Gasteiger charge is -2.33. The summed E-state index contributed by atoms with van der Waals surface area (Å²) in [6.45, 7) is 13.3. The summed E-state index contributed by atoms with van der Waals surface area (Å²) in [5, 5.41) is 0. The van der Waals surface area contributed by atoms with Crippen LogP contribution in [0.1, 0.15) is 52.3 Å². The SMILES string of the molecule is COc1nc(N(C)C)nc(C(C)(C)CC(C)(C)C)c1C. The minimum atomic E-state index is -0.0245. The van der Waals surface area contributed by atoms with Crippen molar-refractivity contribution in [3.8, 4) is 5.88 Å². The highest BCUT2D eigenvalue weighted by molar-refractivity contribution is 5.41. The van der Waals surface area contributed by atoms with Crippen molar-refractivity contribution in [2.75, 3.05) is 26.1 Å². The molecule has 1 aromatic heterocycles. The summed E-state index contributed by atoms with van der Waals surface area (Å²) in [4.78, 5) is 11.1. The fourth-order valence-electron chi connectivity index (χ4n) is 2.95. The van der Waals surface area contributed by atoms with Crippen LogP contribution in [0.5, 0.6) is 5.88 Å². The molecule has 0 fully saturated rings. The molecular weight excluding hydrogens is 250 g/mol. The molecule has 0 aromatic carbocycles. The summed E-state index contributed by atoms with van der Waals surface area (Å²) >= 11 is 0. The number of rotatable bonds is 4. The highest BCUT2D eigenvalue weighted by Gasteiger charge is 2.32. The first-order valence-corrected chi connectivity index (χ1v) is 7.08. The number of hydrogen-bond donors (Lipinski definition) is 0. The first-order valence-electron chi connectivity index (χ1n) is 7.08. The Bertz CT molecular complexity index is 473. The zero-order valence-electron chi connectivity index (χ0n) is 14.5. The minimum Gasteiger partial charge on any atom is -0.481 e. The first-order chi connectivity index (χ1) is 8.98. The molecule has 1 rings (SSSR count). The van der Waals surface area contributed by atoms with E-state index in [-0.39, 0.29) is 10.8 Å². The maximum atomic E-state index is 5.42. The van der Waals surface area contributed by atoms with Crippen molar-refractivity contribution in [2.24, 2.45) is 5.41 Å². The maximum Gasteiger partial charge on any atom is 0.228 e. The fraction of sp³-hybridized carbons (Fsp3) is 0.750. The van der Waals surface area contributed by atoms with Crippen LogP contribution in [0, 0.1) is 12.3 Å². The summed E-state index contributed by atoms with van der Waals surface area (Å²) in [6.07, 6.45) is 1.05. The van der Waals surface area contributed by atoms with Gasteiger partial charge in [0, 0.05) is 25.1 Å². The van der Waals surface area contributed by atoms with Crippen molar-refractivity contribution in [3.05, 3.63) is 11.3 Å². The molecule has 20 heavy (non-hydrogen) atoms. The molecule has 0 aliphatic carbocycles. The number of aromatic nitrogens is 2. The second-order valence-corrected chi connectivity index (χ2v) is 7.52. The summed E-state index contributed by atoms with van der Waals surface area (Å²) in [7, 11) is 5.56. The van der Waals surface area contributed by atoms with E-state index in [1.165, 1.54) is 0 Å². The van der Waals surface area contributed by atoms with Crippen molar-refractivity contribution in [3.63, 3.8) is 0 Å². The summed E-state index contributed by atoms with van der Waals surface area (Å²) < 4.78 is 5.42. The number of methoxy groups -OCH3 is 1. The molecule has 0 N–H and O–H groups in total. The smallest absolute Gasteiger partial charge is 0.228 e. The second kappa shape index (κ2) is 5.58. The van der Waals surface area contributed by atoms with Gasteiger partial charge in [0.1, 0.15) is 0 Å². The van der Waals surface area contributed by atoms with Gasteiger partial charge in [-0.05, 0) is 18.8 Å². The highest BCUT2D eigenvalue weighted by atomic mass is 16.5. The molecule has 0 atom stereocenters. The van der Waals surface area contributed by atoms with Crippen LogP contribution < -0.4 is 9.64 Å². The van der Waals surface area contributed by atoms with Gasteiger partial charge in [-0.25, -0.2) is 4.98 Å². The number of hydrogen-bond acceptors (Lipinski definition) is 4. The van der Waals surface area contributed by atoms with E-state index < -0.39 is 0 Å². The van der Waals surface area contributed by atoms with Gasteiger partial charge in [-0.15, -0.1) is 0 Å². The maximum absolute atomic E-state index is 5.42. The Morgan fingerprint density at radius 3 is 2.00 bits per heavy atom. The molecule has 4 heteroatoms. The minimum absolute atomic E-state index is 0.0245. The zero-order chi connectivity index (χ0) is 15.7. The molecule has 0 aliphatic heterocycles. The molecule has 0 radical (unpaired) electrons. The summed E-state index contributed by atoms with van der Waals surface area (Å²) in [5.41, 5.74) is 2.32. The fourth-order valence-corrected chi connectivity index (χ4v) is 2.95. The third kappa shape index (κ3) is 3.84. The molecule has 0 bridgehead atoms. The molecule has 114 valence electrons. The molecule has 0 amide bonds. The third-order valence-corrected chi connectivity index (χ3v) is 3.30. The van der Waals surface area contributed by atoms with Gasteiger partial charge >= 0.3 is 0 Å². The number of nitrogens with zero attached hydrogens (tertiary/aromatic N) is 3. The molecule has 1 aromatic rings. The number of anilines is 1. The standard InChI is InChI=1S/C16H29N3O/c1-11-12(16(5,6)10-15(2,3)4)17-14(19(7)8)18-13(11)20-9/h10H2,1-9H3. The van der Waals surface area contributed by atoms with E-state index in [1.54, 1.807) is 7.11 Å². The van der Waals surface area contributed by atoms with Crippen LogP contribution in [0.25, 0.3) is 0 Å². The predicted octanol–water partition coefficient (Wildman–Crippen LogP) is 3.57. The molecule has 0 saturated heterocycles. The third-order valence-electron chi connectivity index (χ3n) is 3.30. The lowest BCUT2D eigenvalue weighted by atomic mass is 9.73. The Morgan fingerprint density at radius 2 is 1.60 bits per heavy atom. The van der Waals surface area contributed by atoms with Crippen LogP contribution in [-0.2, 0) is 5.41 Å². The predicted molar refractivity (Wildman–Crippen MR) is 84.7 cm³/mol. The van der Waals surface area contributed by atoms with Crippen molar-refractivity contribution in [1.82, 2.24) is 9.97 Å². The van der Waals surface area contributed by atoms with Crippen LogP contribution in [0.4, 0.5) is 5.95 Å². The second-order valence-electron chi connectivity index (χ2n) is 7.52. The van der Waals surface area contributed by atoms with Crippen LogP contribution in [0.2, 0.25) is 0 Å². The van der Waals surface area contributed by atoms with Crippen molar-refractivity contribution in [1.29, 1.82) is 0 Å². The lowest BCUT2D eigenvalue weighted by molar-refractivity contribution is 0.277. The topological polar surface area (TPSA) is 38.2 Å². The van der Waals surface area contributed by atoms with Crippen molar-refractivity contribution >= 4 is 5.95 Å². The van der Waals surface area contributed by atoms with Crippen LogP contribution >= 0.6 is 0 Å². The Balaban J connectivity index is 3.38. The molecular formula is C16H29N3O. The Kier molecular flexibility index (Phi) is 4.67. The van der Waals surface area contributed by atoms with Gasteiger partial charge in [0.2, 0.25) is 11.8 Å². The first kappa shape index (κ1) is 16.7. The zero-order valence-corrected chi connectivity index (χ0v) is 14.5. The Morgan fingerprint density at radius 1 is 1.05 bits per heavy atom. The van der Waals surface area contributed by atoms with Gasteiger partial charge in [0.25, 0.3) is 0 Å². The van der Waals surface area contributed by atoms with Gasteiger partial charge in [-0.1, -0.05) is 34.6 Å². The van der Waals surface area contributed by atoms with Crippen LogP contribution in [-0.4, -0.2) is 31.2 Å². The largest absolute Gasteiger partial charge is 0.481 e. The molecule has 4 nitrogen and oxygen atoms in total. The Labute approximate surface area is 123 Å². The van der Waals surface area contributed by atoms with Crippen molar-refractivity contribution < 1.29 is 4.74 Å². The quantitative estimate of drug-likeness (QED) is 0.844. The lowest BCUT2D eigenvalue weighted by Crippen LogP contribution is -2.28. The molecule has 0 aliphatic rings. The molecule has 0 saturated carbocycles. The van der Waals surface area contributed by atoms with Crippen LogP contribution in [0.3, 0.4) is 0 Å². The summed E-state index contributed by atoms with van der Waals surface area (Å²) in [6, 6.07) is 0. The molecule has 1 heterocycles. The van der Waals surface area contributed by atoms with E-state index in [1.807, 2.05) is 25.9 Å². The van der Waals surface area contributed by atoms with E-state index in [0.717, 1.165) is 17.7 Å². The van der Waals surface area contributed by atoms with Gasteiger partial charge in [-0.2, -0.15) is 4.98 Å². The Hall–Kier alpha value is -1.32. The molecule has 0 spiro atoms. The van der Waals surface area contributed by atoms with Gasteiger partial charge in [0.05, 0.1) is 12.8 Å². The average molecular weight is 279 g/mol. The van der Waals surface area contributed by atoms with E-state index in [4.69, 9.17) is 9.72 Å². The van der Waals surface area contributed by atoms with Crippen LogP contribution in [0.15, 0.2) is 0 Å². The highest BCUT2D eigenvalue weighted by Crippen LogP contribution is 2.38. The van der Waals surface area contributed by atoms with Gasteiger partial charge in [-0.3, -0.25) is 0 Å². The summed E-state index contributed by atoms with van der Waals surface area (Å²) in [5.74, 6) is 1.37. The monoisotopic (exact) mass is 279 g/mol. The van der Waals surface area contributed by atoms with E-state index in [2.05, 4.69) is 39.6 Å². The van der Waals surface area contributed by atoms with E-state index >= 15 is 0 Å².